The molecule has 3 rings (SSSR count). The summed E-state index contributed by atoms with van der Waals surface area (Å²) in [6.07, 6.45) is 62.4. The van der Waals surface area contributed by atoms with Crippen molar-refractivity contribution in [2.75, 3.05) is 0 Å². The maximum atomic E-state index is 7.14. The van der Waals surface area contributed by atoms with Crippen LogP contribution in [0.1, 0.15) is 289 Å². The molecule has 52 heavy (non-hydrogen) atoms. The second-order valence-corrected chi connectivity index (χ2v) is 18.1. The van der Waals surface area contributed by atoms with Crippen LogP contribution in [-0.4, -0.2) is 25.6 Å². The van der Waals surface area contributed by atoms with Crippen LogP contribution in [0.15, 0.2) is 0 Å². The van der Waals surface area contributed by atoms with Crippen molar-refractivity contribution in [1.82, 2.24) is 0 Å². The average Bonchev–Trinajstić information content (AvgIpc) is 3.14. The Bertz CT molecular complexity index is 589. The molecule has 0 aromatic heterocycles. The molecular formula is C48H93BO3. The number of rotatable bonds is 6. The lowest BCUT2D eigenvalue weighted by atomic mass is 9.97. The lowest BCUT2D eigenvalue weighted by molar-refractivity contribution is -0.00660. The average molecular weight is 729 g/mol. The molecule has 0 unspecified atom stereocenters. The third-order valence-electron chi connectivity index (χ3n) is 13.1. The molecule has 0 atom stereocenters. The van der Waals surface area contributed by atoms with E-state index in [1.807, 2.05) is 0 Å². The molecule has 0 aromatic carbocycles. The fourth-order valence-electron chi connectivity index (χ4n) is 9.47. The van der Waals surface area contributed by atoms with Gasteiger partial charge in [-0.2, -0.15) is 0 Å². The first-order chi connectivity index (χ1) is 25.9. The molecule has 0 heterocycles. The Morgan fingerprint density at radius 2 is 0.288 bits per heavy atom. The van der Waals surface area contributed by atoms with Crippen LogP contribution in [0.25, 0.3) is 0 Å². The van der Waals surface area contributed by atoms with E-state index in [1.165, 1.54) is 289 Å². The zero-order chi connectivity index (χ0) is 36.3. The van der Waals surface area contributed by atoms with Gasteiger partial charge in [-0.3, -0.25) is 0 Å². The third kappa shape index (κ3) is 27.5. The highest BCUT2D eigenvalue weighted by Crippen LogP contribution is 2.26. The fourth-order valence-corrected chi connectivity index (χ4v) is 9.47. The van der Waals surface area contributed by atoms with Gasteiger partial charge in [0.15, 0.2) is 0 Å². The summed E-state index contributed by atoms with van der Waals surface area (Å²) in [6, 6.07) is 0. The van der Waals surface area contributed by atoms with Crippen molar-refractivity contribution in [2.24, 2.45) is 0 Å². The Labute approximate surface area is 327 Å². The van der Waals surface area contributed by atoms with Gasteiger partial charge in [0.1, 0.15) is 0 Å². The molecule has 3 aliphatic carbocycles. The van der Waals surface area contributed by atoms with Crippen LogP contribution in [0.3, 0.4) is 0 Å². The second kappa shape index (κ2) is 35.4. The van der Waals surface area contributed by atoms with Gasteiger partial charge in [-0.15, -0.1) is 0 Å². The van der Waals surface area contributed by atoms with Gasteiger partial charge in [-0.05, 0) is 38.5 Å². The summed E-state index contributed by atoms with van der Waals surface area (Å²) in [5.41, 5.74) is 0. The normalized spacial score (nSPS) is 24.9. The van der Waals surface area contributed by atoms with Gasteiger partial charge >= 0.3 is 7.32 Å². The summed E-state index contributed by atoms with van der Waals surface area (Å²) in [6.45, 7) is 0. The zero-order valence-corrected chi connectivity index (χ0v) is 35.4. The monoisotopic (exact) mass is 729 g/mol. The predicted octanol–water partition coefficient (Wildman–Crippen LogP) is 16.7. The molecule has 306 valence electrons. The van der Waals surface area contributed by atoms with E-state index in [0.717, 1.165) is 0 Å². The van der Waals surface area contributed by atoms with Crippen LogP contribution in [0.2, 0.25) is 0 Å². The van der Waals surface area contributed by atoms with E-state index in [0.29, 0.717) is 0 Å². The molecule has 3 fully saturated rings. The summed E-state index contributed by atoms with van der Waals surface area (Å²) in [5, 5.41) is 0. The predicted molar refractivity (Wildman–Crippen MR) is 228 cm³/mol. The van der Waals surface area contributed by atoms with Crippen LogP contribution >= 0.6 is 0 Å². The largest absolute Gasteiger partial charge is 0.640 e. The van der Waals surface area contributed by atoms with Crippen molar-refractivity contribution in [2.45, 2.75) is 307 Å². The molecule has 0 bridgehead atoms. The maximum Gasteiger partial charge on any atom is 0.640 e. The number of hydrogen-bond donors (Lipinski definition) is 0. The Kier molecular flexibility index (Phi) is 31.5. The second-order valence-electron chi connectivity index (χ2n) is 18.1. The Morgan fingerprint density at radius 3 is 0.423 bits per heavy atom. The van der Waals surface area contributed by atoms with E-state index in [-0.39, 0.29) is 18.3 Å². The van der Waals surface area contributed by atoms with Crippen LogP contribution in [0, 0.1) is 0 Å². The van der Waals surface area contributed by atoms with Crippen LogP contribution in [0.4, 0.5) is 0 Å². The smallest absolute Gasteiger partial charge is 0.383 e. The van der Waals surface area contributed by atoms with E-state index < -0.39 is 7.32 Å². The van der Waals surface area contributed by atoms with Crippen LogP contribution < -0.4 is 0 Å². The first kappa shape index (κ1) is 46.3. The Morgan fingerprint density at radius 1 is 0.173 bits per heavy atom. The molecule has 0 N–H and O–H groups in total. The SMILES string of the molecule is C1CCCCCCCC(OB(OC2CCCCCCCCCCCCCCC2)OC2CCCCCCCCCCCCCCC2)CCCCCCC1. The van der Waals surface area contributed by atoms with E-state index >= 15 is 0 Å². The number of hydrogen-bond acceptors (Lipinski definition) is 3. The quantitative estimate of drug-likeness (QED) is 0.255. The molecule has 3 saturated carbocycles. The topological polar surface area (TPSA) is 27.7 Å². The molecule has 0 radical (unpaired) electrons. The lowest BCUT2D eigenvalue weighted by Crippen LogP contribution is -2.39. The third-order valence-corrected chi connectivity index (χ3v) is 13.1. The van der Waals surface area contributed by atoms with Crippen molar-refractivity contribution in [3.05, 3.63) is 0 Å². The minimum atomic E-state index is -0.484. The van der Waals surface area contributed by atoms with Crippen molar-refractivity contribution >= 4 is 7.32 Å². The van der Waals surface area contributed by atoms with Crippen LogP contribution in [-0.2, 0) is 14.0 Å². The van der Waals surface area contributed by atoms with Gasteiger partial charge in [0.2, 0.25) is 0 Å². The van der Waals surface area contributed by atoms with Crippen molar-refractivity contribution in [1.29, 1.82) is 0 Å². The van der Waals surface area contributed by atoms with E-state index in [9.17, 15) is 0 Å². The van der Waals surface area contributed by atoms with Gasteiger partial charge in [0.25, 0.3) is 0 Å². The molecule has 0 spiro atoms. The Hall–Kier alpha value is -0.0551. The van der Waals surface area contributed by atoms with E-state index in [4.69, 9.17) is 14.0 Å². The highest BCUT2D eigenvalue weighted by molar-refractivity contribution is 6.36. The summed E-state index contributed by atoms with van der Waals surface area (Å²) >= 11 is 0. The molecule has 0 aromatic rings. The fraction of sp³-hybridized carbons (Fsp3) is 1.00. The zero-order valence-electron chi connectivity index (χ0n) is 35.4. The molecular weight excluding hydrogens is 635 g/mol. The summed E-state index contributed by atoms with van der Waals surface area (Å²) in [7, 11) is -0.484. The van der Waals surface area contributed by atoms with E-state index in [1.54, 1.807) is 0 Å². The highest BCUT2D eigenvalue weighted by atomic mass is 16.7. The molecule has 0 aliphatic heterocycles. The van der Waals surface area contributed by atoms with Gasteiger partial charge in [0.05, 0.1) is 0 Å². The molecule has 4 heteroatoms. The molecule has 3 nitrogen and oxygen atoms in total. The molecule has 3 aliphatic rings. The summed E-state index contributed by atoms with van der Waals surface area (Å²) in [5.74, 6) is 0. The lowest BCUT2D eigenvalue weighted by Gasteiger charge is -2.29. The van der Waals surface area contributed by atoms with Crippen LogP contribution in [0.5, 0.6) is 0 Å². The van der Waals surface area contributed by atoms with Gasteiger partial charge in [-0.25, -0.2) is 0 Å². The van der Waals surface area contributed by atoms with Crippen molar-refractivity contribution in [3.8, 4) is 0 Å². The minimum Gasteiger partial charge on any atom is -0.383 e. The van der Waals surface area contributed by atoms with Gasteiger partial charge in [-0.1, -0.05) is 250 Å². The van der Waals surface area contributed by atoms with Gasteiger partial charge in [0, 0.05) is 18.3 Å². The van der Waals surface area contributed by atoms with E-state index in [2.05, 4.69) is 0 Å². The standard InChI is InChI=1S/C48H93BO3/c1-4-10-16-22-28-34-40-46(41-35-29-23-17-11-5-1)50-49(51-47-42-36-30-24-18-12-6-2-7-13-19-25-31-37-43-47)52-48-44-38-32-26-20-14-8-3-9-15-21-27-33-39-45-48/h46-48H,1-45H2. The van der Waals surface area contributed by atoms with Crippen molar-refractivity contribution in [3.63, 3.8) is 0 Å². The maximum absolute atomic E-state index is 7.14. The first-order valence-corrected chi connectivity index (χ1v) is 24.9. The molecule has 0 saturated heterocycles. The minimum absolute atomic E-state index is 0.273. The Balaban J connectivity index is 1.68. The van der Waals surface area contributed by atoms with Gasteiger partial charge < -0.3 is 14.0 Å². The first-order valence-electron chi connectivity index (χ1n) is 24.9. The summed E-state index contributed by atoms with van der Waals surface area (Å²) in [4.78, 5) is 0. The summed E-state index contributed by atoms with van der Waals surface area (Å²) < 4.78 is 21.4. The van der Waals surface area contributed by atoms with Crippen molar-refractivity contribution < 1.29 is 14.0 Å². The highest BCUT2D eigenvalue weighted by Gasteiger charge is 2.32. The molecule has 0 amide bonds.